The van der Waals surface area contributed by atoms with Gasteiger partial charge in [0.15, 0.2) is 0 Å². The molecular weight excluding hydrogens is 260 g/mol. The Morgan fingerprint density at radius 1 is 1.29 bits per heavy atom. The first-order chi connectivity index (χ1) is 10.1. The second-order valence-electron chi connectivity index (χ2n) is 6.57. The lowest BCUT2D eigenvalue weighted by Crippen LogP contribution is -2.27. The number of aromatic nitrogens is 2. The van der Waals surface area contributed by atoms with E-state index in [4.69, 9.17) is 0 Å². The molecule has 0 atom stereocenters. The topological polar surface area (TPSA) is 41.1 Å². The van der Waals surface area contributed by atoms with Gasteiger partial charge in [-0.3, -0.25) is 0 Å². The molecule has 118 valence electrons. The van der Waals surface area contributed by atoms with Crippen LogP contribution >= 0.6 is 0 Å². The Kier molecular flexibility index (Phi) is 5.83. The first-order valence-electron chi connectivity index (χ1n) is 8.43. The zero-order valence-electron chi connectivity index (χ0n) is 14.0. The molecule has 0 spiro atoms. The van der Waals surface area contributed by atoms with E-state index in [2.05, 4.69) is 48.0 Å². The third kappa shape index (κ3) is 4.08. The predicted molar refractivity (Wildman–Crippen MR) is 90.1 cm³/mol. The average Bonchev–Trinajstić information content (AvgIpc) is 2.97. The number of nitrogens with zero attached hydrogens (tertiary/aromatic N) is 3. The van der Waals surface area contributed by atoms with Crippen molar-refractivity contribution in [1.82, 2.24) is 9.97 Å². The Balaban J connectivity index is 2.19. The molecule has 0 aliphatic heterocycles. The van der Waals surface area contributed by atoms with Gasteiger partial charge in [0.2, 0.25) is 0 Å². The number of rotatable bonds is 7. The molecule has 1 aromatic rings. The van der Waals surface area contributed by atoms with Gasteiger partial charge in [-0.2, -0.15) is 0 Å². The second-order valence-corrected chi connectivity index (χ2v) is 6.57. The molecule has 4 heteroatoms. The third-order valence-electron chi connectivity index (χ3n) is 4.35. The smallest absolute Gasteiger partial charge is 0.137 e. The largest absolute Gasteiger partial charge is 0.370 e. The zero-order valence-corrected chi connectivity index (χ0v) is 14.0. The van der Waals surface area contributed by atoms with Gasteiger partial charge in [-0.15, -0.1) is 0 Å². The highest BCUT2D eigenvalue weighted by Crippen LogP contribution is 2.32. The minimum absolute atomic E-state index is 0.423. The molecular formula is C17H30N4. The van der Waals surface area contributed by atoms with Crippen LogP contribution in [0.3, 0.4) is 0 Å². The van der Waals surface area contributed by atoms with E-state index < -0.39 is 0 Å². The van der Waals surface area contributed by atoms with Crippen molar-refractivity contribution in [2.75, 3.05) is 30.4 Å². The van der Waals surface area contributed by atoms with Crippen LogP contribution in [0.4, 0.5) is 11.6 Å². The highest BCUT2D eigenvalue weighted by molar-refractivity contribution is 5.60. The van der Waals surface area contributed by atoms with Crippen molar-refractivity contribution in [2.45, 2.75) is 58.8 Å². The molecule has 0 unspecified atom stereocenters. The molecule has 21 heavy (non-hydrogen) atoms. The van der Waals surface area contributed by atoms with Crippen molar-refractivity contribution in [3.8, 4) is 0 Å². The summed E-state index contributed by atoms with van der Waals surface area (Å²) in [6.45, 7) is 8.70. The quantitative estimate of drug-likeness (QED) is 0.822. The fourth-order valence-corrected chi connectivity index (χ4v) is 3.27. The molecule has 1 aliphatic rings. The molecule has 0 radical (unpaired) electrons. The second kappa shape index (κ2) is 7.62. The van der Waals surface area contributed by atoms with E-state index in [1.54, 1.807) is 6.33 Å². The molecule has 1 aromatic heterocycles. The SMILES string of the molecule is CCCNc1ncnc(N(C)CC2CCCC2)c1C(C)C. The zero-order chi connectivity index (χ0) is 15.2. The van der Waals surface area contributed by atoms with Crippen LogP contribution in [0.15, 0.2) is 6.33 Å². The lowest BCUT2D eigenvalue weighted by molar-refractivity contribution is 0.543. The molecule has 0 bridgehead atoms. The molecule has 4 nitrogen and oxygen atoms in total. The van der Waals surface area contributed by atoms with Crippen LogP contribution in [-0.4, -0.2) is 30.1 Å². The third-order valence-corrected chi connectivity index (χ3v) is 4.35. The summed E-state index contributed by atoms with van der Waals surface area (Å²) < 4.78 is 0. The summed E-state index contributed by atoms with van der Waals surface area (Å²) in [5.74, 6) is 3.37. The van der Waals surface area contributed by atoms with Gasteiger partial charge in [0.1, 0.15) is 18.0 Å². The van der Waals surface area contributed by atoms with Gasteiger partial charge in [-0.25, -0.2) is 9.97 Å². The van der Waals surface area contributed by atoms with Crippen LogP contribution < -0.4 is 10.2 Å². The molecule has 1 fully saturated rings. The van der Waals surface area contributed by atoms with Crippen LogP contribution in [0, 0.1) is 5.92 Å². The molecule has 0 aromatic carbocycles. The van der Waals surface area contributed by atoms with Gasteiger partial charge in [-0.05, 0) is 31.1 Å². The molecule has 1 saturated carbocycles. The first kappa shape index (κ1) is 16.1. The fraction of sp³-hybridized carbons (Fsp3) is 0.765. The molecule has 1 aliphatic carbocycles. The summed E-state index contributed by atoms with van der Waals surface area (Å²) in [6.07, 6.45) is 8.32. The van der Waals surface area contributed by atoms with Crippen molar-refractivity contribution in [3.05, 3.63) is 11.9 Å². The number of hydrogen-bond acceptors (Lipinski definition) is 4. The molecule has 0 saturated heterocycles. The van der Waals surface area contributed by atoms with E-state index in [9.17, 15) is 0 Å². The van der Waals surface area contributed by atoms with E-state index in [1.165, 1.54) is 31.2 Å². The number of anilines is 2. The van der Waals surface area contributed by atoms with E-state index >= 15 is 0 Å². The Labute approximate surface area is 129 Å². The van der Waals surface area contributed by atoms with Gasteiger partial charge in [0.25, 0.3) is 0 Å². The summed E-state index contributed by atoms with van der Waals surface area (Å²) in [5.41, 5.74) is 1.26. The van der Waals surface area contributed by atoms with Gasteiger partial charge in [0.05, 0.1) is 0 Å². The Morgan fingerprint density at radius 3 is 2.62 bits per heavy atom. The van der Waals surface area contributed by atoms with Gasteiger partial charge in [0, 0.05) is 25.7 Å². The van der Waals surface area contributed by atoms with Crippen molar-refractivity contribution < 1.29 is 0 Å². The van der Waals surface area contributed by atoms with Crippen LogP contribution in [-0.2, 0) is 0 Å². The fourth-order valence-electron chi connectivity index (χ4n) is 3.27. The first-order valence-corrected chi connectivity index (χ1v) is 8.43. The van der Waals surface area contributed by atoms with Gasteiger partial charge < -0.3 is 10.2 Å². The van der Waals surface area contributed by atoms with Crippen molar-refractivity contribution in [3.63, 3.8) is 0 Å². The van der Waals surface area contributed by atoms with Gasteiger partial charge >= 0.3 is 0 Å². The molecule has 0 amide bonds. The van der Waals surface area contributed by atoms with Crippen LogP contribution in [0.25, 0.3) is 0 Å². The maximum atomic E-state index is 4.59. The van der Waals surface area contributed by atoms with Crippen LogP contribution in [0.2, 0.25) is 0 Å². The Hall–Kier alpha value is -1.32. The minimum atomic E-state index is 0.423. The monoisotopic (exact) mass is 290 g/mol. The van der Waals surface area contributed by atoms with E-state index in [0.717, 1.165) is 37.1 Å². The Morgan fingerprint density at radius 2 is 2.00 bits per heavy atom. The number of nitrogens with one attached hydrogen (secondary N) is 1. The van der Waals surface area contributed by atoms with Gasteiger partial charge in [-0.1, -0.05) is 33.6 Å². The standard InChI is InChI=1S/C17H30N4/c1-5-10-18-16-15(13(2)3)17(20-12-19-16)21(4)11-14-8-6-7-9-14/h12-14H,5-11H2,1-4H3,(H,18,19,20). The number of hydrogen-bond donors (Lipinski definition) is 1. The summed E-state index contributed by atoms with van der Waals surface area (Å²) in [5, 5.41) is 3.46. The lowest BCUT2D eigenvalue weighted by Gasteiger charge is -2.26. The van der Waals surface area contributed by atoms with Crippen molar-refractivity contribution in [1.29, 1.82) is 0 Å². The maximum Gasteiger partial charge on any atom is 0.137 e. The summed E-state index contributed by atoms with van der Waals surface area (Å²) in [6, 6.07) is 0. The summed E-state index contributed by atoms with van der Waals surface area (Å²) >= 11 is 0. The predicted octanol–water partition coefficient (Wildman–Crippen LogP) is 4.05. The van der Waals surface area contributed by atoms with Crippen LogP contribution in [0.5, 0.6) is 0 Å². The molecule has 1 heterocycles. The normalized spacial score (nSPS) is 15.7. The lowest BCUT2D eigenvalue weighted by atomic mass is 10.0. The summed E-state index contributed by atoms with van der Waals surface area (Å²) in [7, 11) is 2.18. The van der Waals surface area contributed by atoms with E-state index in [0.29, 0.717) is 5.92 Å². The van der Waals surface area contributed by atoms with Crippen molar-refractivity contribution >= 4 is 11.6 Å². The van der Waals surface area contributed by atoms with Crippen LogP contribution in [0.1, 0.15) is 64.4 Å². The van der Waals surface area contributed by atoms with Crippen molar-refractivity contribution in [2.24, 2.45) is 5.92 Å². The highest BCUT2D eigenvalue weighted by atomic mass is 15.2. The Bertz CT molecular complexity index is 438. The maximum absolute atomic E-state index is 4.59. The highest BCUT2D eigenvalue weighted by Gasteiger charge is 2.21. The molecule has 2 rings (SSSR count). The van der Waals surface area contributed by atoms with E-state index in [1.807, 2.05) is 0 Å². The summed E-state index contributed by atoms with van der Waals surface area (Å²) in [4.78, 5) is 11.4. The molecule has 1 N–H and O–H groups in total. The average molecular weight is 290 g/mol. The minimum Gasteiger partial charge on any atom is -0.370 e. The van der Waals surface area contributed by atoms with E-state index in [-0.39, 0.29) is 0 Å².